The first-order valence-corrected chi connectivity index (χ1v) is 11.1. The van der Waals surface area contributed by atoms with Crippen molar-refractivity contribution >= 4 is 115 Å². The summed E-state index contributed by atoms with van der Waals surface area (Å²) in [4.78, 5) is 25.6. The first-order chi connectivity index (χ1) is 9.68. The van der Waals surface area contributed by atoms with Gasteiger partial charge in [-0.1, -0.05) is 0 Å². The van der Waals surface area contributed by atoms with Gasteiger partial charge in [0.1, 0.15) is 0 Å². The van der Waals surface area contributed by atoms with Gasteiger partial charge in [-0.15, -0.1) is 0 Å². The van der Waals surface area contributed by atoms with Crippen molar-refractivity contribution in [1.82, 2.24) is 0 Å². The Hall–Kier alpha value is 3.26. The van der Waals surface area contributed by atoms with E-state index in [-0.39, 0.29) is 0 Å². The van der Waals surface area contributed by atoms with Gasteiger partial charge in [0.2, 0.25) is 0 Å². The fraction of sp³-hybridized carbons (Fsp3) is 1.00. The Labute approximate surface area is 196 Å². The molecule has 0 N–H and O–H groups in total. The van der Waals surface area contributed by atoms with E-state index in [2.05, 4.69) is 0 Å². The summed E-state index contributed by atoms with van der Waals surface area (Å²) in [5.41, 5.74) is 0. The predicted molar refractivity (Wildman–Crippen MR) is 57.5 cm³/mol. The molecule has 0 spiro atoms. The van der Waals surface area contributed by atoms with E-state index in [0.29, 0.717) is 107 Å². The zero-order chi connectivity index (χ0) is 20.1. The second-order valence-electron chi connectivity index (χ2n) is 3.04. The van der Waals surface area contributed by atoms with Crippen molar-refractivity contribution in [2.45, 2.75) is 26.1 Å². The van der Waals surface area contributed by atoms with E-state index in [4.69, 9.17) is 19.2 Å². The van der Waals surface area contributed by atoms with Crippen LogP contribution in [0.1, 0.15) is 0 Å². The minimum Gasteiger partial charge on any atom is -0.822 e. The van der Waals surface area contributed by atoms with Crippen LogP contribution in [0.25, 0.3) is 0 Å². The summed E-state index contributed by atoms with van der Waals surface area (Å²) in [6, 6.07) is 0. The van der Waals surface area contributed by atoms with Crippen molar-refractivity contribution in [2.75, 3.05) is 0 Å². The molecule has 0 bridgehead atoms. The molecule has 128 valence electrons. The van der Waals surface area contributed by atoms with Crippen molar-refractivity contribution in [2.24, 2.45) is 0 Å². The molecule has 23 heavy (non-hydrogen) atoms. The SMILES string of the molecule is FC(F)(F)[CH2][Ca+].FC(F)(F)[CH2][Ca+].FC(F)(F)[CH2][Ca+].O=P([O-])([O-])[O-]. The molecule has 0 radical (unpaired) electrons. The van der Waals surface area contributed by atoms with Gasteiger partial charge in [-0.3, -0.25) is 0 Å². The van der Waals surface area contributed by atoms with E-state index in [9.17, 15) is 39.5 Å². The van der Waals surface area contributed by atoms with Crippen LogP contribution in [-0.2, 0) is 4.57 Å². The molecular formula is C6H6Ca3F9O4P. The molecule has 0 aromatic heterocycles. The van der Waals surface area contributed by atoms with E-state index >= 15 is 0 Å². The van der Waals surface area contributed by atoms with Crippen molar-refractivity contribution in [3.63, 3.8) is 0 Å². The smallest absolute Gasteiger partial charge is 0.159 e. The quantitative estimate of drug-likeness (QED) is 0.298. The first-order valence-electron chi connectivity index (χ1n) is 4.99. The number of hydrogen-bond acceptors (Lipinski definition) is 4. The number of hydrogen-bond donors (Lipinski definition) is 0. The molecule has 0 aromatic rings. The Bertz CT molecular complexity index is 272. The average Bonchev–Trinajstić information content (AvgIpc) is 2.25. The molecule has 4 nitrogen and oxygen atoms in total. The maximum absolute atomic E-state index is 10.8. The van der Waals surface area contributed by atoms with E-state index in [1.807, 2.05) is 0 Å². The molecule has 0 saturated carbocycles. The van der Waals surface area contributed by atoms with Gasteiger partial charge in [-0.2, -0.15) is 7.82 Å². The summed E-state index contributed by atoms with van der Waals surface area (Å²) in [6.45, 7) is 0. The third-order valence-electron chi connectivity index (χ3n) is 0.850. The molecule has 0 amide bonds. The number of halogens is 9. The van der Waals surface area contributed by atoms with E-state index < -0.39 is 33.9 Å². The number of phosphoric acid groups is 1. The third kappa shape index (κ3) is 90.9. The molecular weight excluding hydrogens is 458 g/mol. The average molecular weight is 464 g/mol. The van der Waals surface area contributed by atoms with Gasteiger partial charge < -0.3 is 19.2 Å². The minimum atomic E-state index is -5.39. The van der Waals surface area contributed by atoms with Gasteiger partial charge in [-0.25, -0.2) is 0 Å². The summed E-state index contributed by atoms with van der Waals surface area (Å²) in [7, 11) is -5.39. The molecule has 0 fully saturated rings. The zero-order valence-electron chi connectivity index (χ0n) is 11.2. The summed E-state index contributed by atoms with van der Waals surface area (Å²) >= 11 is 0.927. The molecule has 0 heterocycles. The van der Waals surface area contributed by atoms with Gasteiger partial charge in [0.05, 0.1) is 0 Å². The summed E-state index contributed by atoms with van der Waals surface area (Å²) < 4.78 is 104. The standard InChI is InChI=1S/3C2H2F3.3Ca.H3O4P/c3*1-2(3,4)5;;;;1-5(2,3)4/h3*1H2;;;;(H3,1,2,3,4)/q;;;3*+1;/p-3. The second-order valence-corrected chi connectivity index (χ2v) is 6.28. The zero-order valence-corrected chi connectivity index (χ0v) is 18.7. The maximum Gasteiger partial charge on any atom is -0.159 e. The van der Waals surface area contributed by atoms with Crippen LogP contribution in [0.4, 0.5) is 39.5 Å². The number of rotatable bonds is 0. The van der Waals surface area contributed by atoms with Crippen molar-refractivity contribution < 1.29 is 58.8 Å². The molecule has 17 heteroatoms. The van der Waals surface area contributed by atoms with Crippen LogP contribution in [0.5, 0.6) is 0 Å². The summed E-state index contributed by atoms with van der Waals surface area (Å²) in [6.07, 6.45) is -11.7. The molecule has 0 aliphatic rings. The summed E-state index contributed by atoms with van der Waals surface area (Å²) in [5.74, 6) is 0. The predicted octanol–water partition coefficient (Wildman–Crippen LogP) is 0.582. The molecule has 0 atom stereocenters. The van der Waals surface area contributed by atoms with Gasteiger partial charge >= 0.3 is 173 Å². The van der Waals surface area contributed by atoms with E-state index in [1.165, 1.54) is 0 Å². The molecule has 0 aliphatic carbocycles. The van der Waals surface area contributed by atoms with E-state index in [1.54, 1.807) is 0 Å². The van der Waals surface area contributed by atoms with Crippen LogP contribution in [0.15, 0.2) is 0 Å². The van der Waals surface area contributed by atoms with Crippen LogP contribution in [-0.4, -0.2) is 126 Å². The monoisotopic (exact) mass is 464 g/mol. The fourth-order valence-electron chi connectivity index (χ4n) is 0. The Morgan fingerprint density at radius 3 is 0.652 bits per heavy atom. The van der Waals surface area contributed by atoms with Gasteiger partial charge in [0, 0.05) is 0 Å². The largest absolute Gasteiger partial charge is 0.822 e. The van der Waals surface area contributed by atoms with Crippen LogP contribution < -0.4 is 14.7 Å². The van der Waals surface area contributed by atoms with Crippen molar-refractivity contribution in [3.8, 4) is 0 Å². The van der Waals surface area contributed by atoms with Crippen molar-refractivity contribution in [3.05, 3.63) is 0 Å². The van der Waals surface area contributed by atoms with Crippen LogP contribution >= 0.6 is 7.82 Å². The topological polar surface area (TPSA) is 86.2 Å². The molecule has 0 aromatic carbocycles. The normalized spacial score (nSPS) is 12.1. The Balaban J connectivity index is -0.000000105. The minimum absolute atomic E-state index is 0.309. The van der Waals surface area contributed by atoms with Gasteiger partial charge in [0.15, 0.2) is 0 Å². The van der Waals surface area contributed by atoms with Gasteiger partial charge in [-0.05, 0) is 0 Å². The maximum atomic E-state index is 10.8. The van der Waals surface area contributed by atoms with Crippen LogP contribution in [0.3, 0.4) is 0 Å². The Morgan fingerprint density at radius 1 is 0.609 bits per heavy atom. The Morgan fingerprint density at radius 2 is 0.652 bits per heavy atom. The van der Waals surface area contributed by atoms with Gasteiger partial charge in [0.25, 0.3) is 0 Å². The van der Waals surface area contributed by atoms with Crippen molar-refractivity contribution in [1.29, 1.82) is 0 Å². The fourth-order valence-corrected chi connectivity index (χ4v) is 0. The molecule has 0 aliphatic heterocycles. The van der Waals surface area contributed by atoms with Crippen LogP contribution in [0.2, 0.25) is 7.55 Å². The summed E-state index contributed by atoms with van der Waals surface area (Å²) in [5, 5.41) is 0. The van der Waals surface area contributed by atoms with E-state index in [0.717, 1.165) is 0 Å². The third-order valence-corrected chi connectivity index (χ3v) is 3.51. The molecule has 0 rings (SSSR count). The Kier molecular flexibility index (Phi) is 23.9. The molecule has 0 unspecified atom stereocenters. The second kappa shape index (κ2) is 16.2. The number of alkyl halides is 9. The molecule has 0 saturated heterocycles. The van der Waals surface area contributed by atoms with Crippen LogP contribution in [0, 0.1) is 0 Å². The first kappa shape index (κ1) is 33.8.